The Morgan fingerprint density at radius 3 is 1.25 bits per heavy atom. The van der Waals surface area contributed by atoms with E-state index in [9.17, 15) is 0 Å². The summed E-state index contributed by atoms with van der Waals surface area (Å²) in [5, 5.41) is 6.25. The maximum absolute atomic E-state index is 6.25. The van der Waals surface area contributed by atoms with Crippen LogP contribution in [0.15, 0.2) is 0 Å². The smallest absolute Gasteiger partial charge is 0 e. The minimum Gasteiger partial charge on any atom is -0.512 e. The molecule has 0 aromatic carbocycles. The SMILES string of the molecule is [C-]#N.[CH3-].[Re]. The molecule has 0 aromatic heterocycles. The first kappa shape index (κ1) is 31.1. The third-order valence-corrected chi connectivity index (χ3v) is 0. The van der Waals surface area contributed by atoms with Crippen LogP contribution in [0.3, 0.4) is 0 Å². The van der Waals surface area contributed by atoms with Gasteiger partial charge < -0.3 is 19.3 Å². The quantitative estimate of drug-likeness (QED) is 0.554. The van der Waals surface area contributed by atoms with Gasteiger partial charge in [-0.05, 0) is 0 Å². The van der Waals surface area contributed by atoms with Crippen LogP contribution in [-0.2, 0) is 20.4 Å². The molecule has 0 unspecified atom stereocenters. The zero-order valence-corrected chi connectivity index (χ0v) is 5.04. The maximum Gasteiger partial charge on any atom is 0 e. The molecule has 0 aliphatic carbocycles. The van der Waals surface area contributed by atoms with Crippen LogP contribution in [0.4, 0.5) is 0 Å². The van der Waals surface area contributed by atoms with Crippen molar-refractivity contribution >= 4 is 0 Å². The molecule has 1 radical (unpaired) electrons. The first-order valence-electron chi connectivity index (χ1n) is 0.224. The Morgan fingerprint density at radius 1 is 1.25 bits per heavy atom. The van der Waals surface area contributed by atoms with Gasteiger partial charge in [0.1, 0.15) is 0 Å². The van der Waals surface area contributed by atoms with Crippen LogP contribution in [0.5, 0.6) is 0 Å². The minimum absolute atomic E-state index is 0. The third-order valence-electron chi connectivity index (χ3n) is 0. The Labute approximate surface area is 40.3 Å². The fourth-order valence-corrected chi connectivity index (χ4v) is 0. The van der Waals surface area contributed by atoms with Crippen molar-refractivity contribution in [3.05, 3.63) is 14.0 Å². The summed E-state index contributed by atoms with van der Waals surface area (Å²) in [6.45, 7) is 4.75. The van der Waals surface area contributed by atoms with Gasteiger partial charge in [-0.25, -0.2) is 0 Å². The second-order valence-corrected chi connectivity index (χ2v) is 0. The van der Waals surface area contributed by atoms with Crippen molar-refractivity contribution in [2.24, 2.45) is 0 Å². The van der Waals surface area contributed by atoms with E-state index in [1.807, 2.05) is 0 Å². The molecule has 0 heterocycles. The van der Waals surface area contributed by atoms with Crippen molar-refractivity contribution in [3.63, 3.8) is 0 Å². The molecular weight excluding hydrogens is 224 g/mol. The summed E-state index contributed by atoms with van der Waals surface area (Å²) in [5.74, 6) is 0. The minimum atomic E-state index is 0. The fourth-order valence-electron chi connectivity index (χ4n) is 0. The van der Waals surface area contributed by atoms with Crippen LogP contribution in [0.25, 0.3) is 0 Å². The third kappa shape index (κ3) is 123. The second kappa shape index (κ2) is 629. The predicted molar refractivity (Wildman–Crippen MR) is 11.4 cm³/mol. The molecule has 25 valence electrons. The standard InChI is InChI=1S/CN.CH3.Re/c1-2;;/h;1H3;/q2*-1;. The first-order valence-corrected chi connectivity index (χ1v) is 0.224. The van der Waals surface area contributed by atoms with Gasteiger partial charge in [-0.2, -0.15) is 0 Å². The molecule has 0 atom stereocenters. The molecule has 0 rings (SSSR count). The molecule has 0 amide bonds. The monoisotopic (exact) mass is 228 g/mol. The van der Waals surface area contributed by atoms with Crippen molar-refractivity contribution in [1.29, 1.82) is 5.26 Å². The Hall–Kier alpha value is 0.152. The molecule has 0 N–H and O–H groups in total. The molecule has 0 saturated heterocycles. The molecule has 0 spiro atoms. The molecule has 0 aliphatic heterocycles. The van der Waals surface area contributed by atoms with E-state index in [1.54, 1.807) is 0 Å². The number of nitrogens with zero attached hydrogens (tertiary/aromatic N) is 1. The van der Waals surface area contributed by atoms with E-state index in [0.717, 1.165) is 0 Å². The van der Waals surface area contributed by atoms with Gasteiger partial charge in [-0.15, -0.1) is 0 Å². The van der Waals surface area contributed by atoms with Crippen molar-refractivity contribution < 1.29 is 20.4 Å². The van der Waals surface area contributed by atoms with Crippen LogP contribution in [0, 0.1) is 19.3 Å². The average Bonchev–Trinajstić information content (AvgIpc) is 1.00. The largest absolute Gasteiger partial charge is 0.512 e. The van der Waals surface area contributed by atoms with Gasteiger partial charge in [0, 0.05) is 20.4 Å². The Kier molecular flexibility index (Phi) is 4890. The van der Waals surface area contributed by atoms with Crippen LogP contribution in [0.1, 0.15) is 0 Å². The first-order chi connectivity index (χ1) is 1.00. The Morgan fingerprint density at radius 2 is 1.25 bits per heavy atom. The normalized spacial score (nSPS) is 0.500. The molecule has 2 heteroatoms. The van der Waals surface area contributed by atoms with E-state index in [0.29, 0.717) is 0 Å². The maximum atomic E-state index is 6.25. The average molecular weight is 227 g/mol. The van der Waals surface area contributed by atoms with Gasteiger partial charge in [-0.3, -0.25) is 0 Å². The summed E-state index contributed by atoms with van der Waals surface area (Å²) in [6.07, 6.45) is 0. The molecule has 0 saturated carbocycles. The van der Waals surface area contributed by atoms with E-state index < -0.39 is 0 Å². The van der Waals surface area contributed by atoms with Crippen LogP contribution < -0.4 is 0 Å². The summed E-state index contributed by atoms with van der Waals surface area (Å²) >= 11 is 0. The van der Waals surface area contributed by atoms with Gasteiger partial charge in [0.2, 0.25) is 0 Å². The van der Waals surface area contributed by atoms with Crippen molar-refractivity contribution in [2.45, 2.75) is 0 Å². The second-order valence-electron chi connectivity index (χ2n) is 0. The molecule has 0 bridgehead atoms. The van der Waals surface area contributed by atoms with Gasteiger partial charge in [0.05, 0.1) is 0 Å². The summed E-state index contributed by atoms with van der Waals surface area (Å²) in [5.41, 5.74) is 0. The topological polar surface area (TPSA) is 23.8 Å². The summed E-state index contributed by atoms with van der Waals surface area (Å²) in [7, 11) is 0. The van der Waals surface area contributed by atoms with Gasteiger partial charge in [0.15, 0.2) is 0 Å². The van der Waals surface area contributed by atoms with E-state index in [-0.39, 0.29) is 27.8 Å². The van der Waals surface area contributed by atoms with Crippen LogP contribution >= 0.6 is 0 Å². The van der Waals surface area contributed by atoms with Gasteiger partial charge in [-0.1, -0.05) is 0 Å². The van der Waals surface area contributed by atoms with Crippen LogP contribution in [0.2, 0.25) is 0 Å². The molecule has 0 fully saturated rings. The van der Waals surface area contributed by atoms with Crippen molar-refractivity contribution in [2.75, 3.05) is 0 Å². The molecule has 1 nitrogen and oxygen atoms in total. The summed E-state index contributed by atoms with van der Waals surface area (Å²) in [4.78, 5) is 0. The molecule has 4 heavy (non-hydrogen) atoms. The predicted octanol–water partition coefficient (Wildman–Crippen LogP) is 0.544. The van der Waals surface area contributed by atoms with E-state index >= 15 is 0 Å². The van der Waals surface area contributed by atoms with Crippen molar-refractivity contribution in [3.8, 4) is 0 Å². The van der Waals surface area contributed by atoms with E-state index in [4.69, 9.17) is 11.8 Å². The van der Waals surface area contributed by atoms with E-state index in [2.05, 4.69) is 0 Å². The van der Waals surface area contributed by atoms with Gasteiger partial charge >= 0.3 is 0 Å². The Bertz CT molecular complexity index is 10.8. The van der Waals surface area contributed by atoms with E-state index in [1.165, 1.54) is 0 Å². The number of hydrogen-bond donors (Lipinski definition) is 0. The zero-order chi connectivity index (χ0) is 2.00. The molecule has 0 aromatic rings. The van der Waals surface area contributed by atoms with Gasteiger partial charge in [0.25, 0.3) is 0 Å². The fraction of sp³-hybridized carbons (Fsp3) is 0. The summed E-state index contributed by atoms with van der Waals surface area (Å²) in [6, 6.07) is 0. The Balaban J connectivity index is -0.00000000500. The molecule has 0 aliphatic rings. The number of rotatable bonds is 0. The van der Waals surface area contributed by atoms with Crippen LogP contribution in [-0.4, -0.2) is 0 Å². The number of hydrogen-bond acceptors (Lipinski definition) is 1. The van der Waals surface area contributed by atoms with Crippen molar-refractivity contribution in [1.82, 2.24) is 0 Å². The molecular formula is C2H3NRe-2. The summed E-state index contributed by atoms with van der Waals surface area (Å²) < 4.78 is 0. The zero-order valence-electron chi connectivity index (χ0n) is 2.33.